The Morgan fingerprint density at radius 2 is 1.65 bits per heavy atom. The highest BCUT2D eigenvalue weighted by Crippen LogP contribution is 2.24. The molecule has 2 aliphatic heterocycles. The van der Waals surface area contributed by atoms with E-state index in [1.165, 1.54) is 12.1 Å². The quantitative estimate of drug-likeness (QED) is 0.757. The van der Waals surface area contributed by atoms with Gasteiger partial charge in [0.25, 0.3) is 11.8 Å². The van der Waals surface area contributed by atoms with Crippen LogP contribution in [0, 0.1) is 5.92 Å². The van der Waals surface area contributed by atoms with E-state index in [2.05, 4.69) is 0 Å². The van der Waals surface area contributed by atoms with Gasteiger partial charge in [-0.3, -0.25) is 9.59 Å². The van der Waals surface area contributed by atoms with Crippen molar-refractivity contribution in [2.24, 2.45) is 5.92 Å². The second kappa shape index (κ2) is 5.05. The minimum atomic E-state index is -0.592. The molecule has 1 saturated heterocycles. The van der Waals surface area contributed by atoms with Crippen molar-refractivity contribution < 1.29 is 24.0 Å². The van der Waals surface area contributed by atoms with E-state index in [-0.39, 0.29) is 17.0 Å². The van der Waals surface area contributed by atoms with Crippen LogP contribution < -0.4 is 0 Å². The summed E-state index contributed by atoms with van der Waals surface area (Å²) in [4.78, 5) is 41.0. The number of benzene rings is 1. The van der Waals surface area contributed by atoms with E-state index in [1.807, 2.05) is 0 Å². The van der Waals surface area contributed by atoms with Crippen molar-refractivity contribution in [3.63, 3.8) is 0 Å². The molecule has 1 aromatic rings. The van der Waals surface area contributed by atoms with Gasteiger partial charge in [0.1, 0.15) is 0 Å². The van der Waals surface area contributed by atoms with Crippen molar-refractivity contribution in [3.8, 4) is 0 Å². The largest absolute Gasteiger partial charge is 0.381 e. The van der Waals surface area contributed by atoms with Gasteiger partial charge in [-0.1, -0.05) is 17.2 Å². The van der Waals surface area contributed by atoms with E-state index in [9.17, 15) is 14.4 Å². The van der Waals surface area contributed by atoms with Gasteiger partial charge in [-0.15, -0.1) is 0 Å². The minimum absolute atomic E-state index is 0.261. The Kier molecular flexibility index (Phi) is 3.23. The Bertz CT molecular complexity index is 542. The second-order valence-corrected chi connectivity index (χ2v) is 4.75. The fourth-order valence-corrected chi connectivity index (χ4v) is 2.35. The zero-order valence-electron chi connectivity index (χ0n) is 10.7. The molecule has 6 nitrogen and oxygen atoms in total. The van der Waals surface area contributed by atoms with Crippen molar-refractivity contribution in [2.45, 2.75) is 12.8 Å². The Labute approximate surface area is 115 Å². The van der Waals surface area contributed by atoms with Gasteiger partial charge in [-0.2, -0.15) is 0 Å². The highest BCUT2D eigenvalue weighted by molar-refractivity contribution is 6.20. The highest BCUT2D eigenvalue weighted by Gasteiger charge is 2.39. The molecule has 20 heavy (non-hydrogen) atoms. The first-order valence-electron chi connectivity index (χ1n) is 6.46. The van der Waals surface area contributed by atoms with Crippen LogP contribution in [0.2, 0.25) is 0 Å². The van der Waals surface area contributed by atoms with Crippen LogP contribution in [-0.4, -0.2) is 36.1 Å². The Morgan fingerprint density at radius 1 is 1.10 bits per heavy atom. The lowest BCUT2D eigenvalue weighted by molar-refractivity contribution is -0.176. The molecule has 0 atom stereocenters. The zero-order valence-corrected chi connectivity index (χ0v) is 10.7. The van der Waals surface area contributed by atoms with Gasteiger partial charge < -0.3 is 9.57 Å². The van der Waals surface area contributed by atoms with Crippen molar-refractivity contribution >= 4 is 17.8 Å². The standard InChI is InChI=1S/C14H13NO5/c16-12-10-3-1-2-4-11(10)13(17)15(12)20-14(18)9-5-7-19-8-6-9/h1-4,9H,5-8H2. The summed E-state index contributed by atoms with van der Waals surface area (Å²) >= 11 is 0. The number of hydrogen-bond donors (Lipinski definition) is 0. The summed E-state index contributed by atoms with van der Waals surface area (Å²) in [6.07, 6.45) is 1.09. The van der Waals surface area contributed by atoms with Gasteiger partial charge in [-0.05, 0) is 25.0 Å². The molecule has 6 heteroatoms. The maximum atomic E-state index is 12.0. The number of carbonyl (C=O) groups is 3. The lowest BCUT2D eigenvalue weighted by atomic mass is 10.0. The first-order valence-corrected chi connectivity index (χ1v) is 6.46. The molecule has 0 spiro atoms. The van der Waals surface area contributed by atoms with Gasteiger partial charge in [-0.25, -0.2) is 4.79 Å². The molecule has 2 heterocycles. The summed E-state index contributed by atoms with van der Waals surface area (Å²) in [7, 11) is 0. The van der Waals surface area contributed by atoms with Gasteiger partial charge in [0.05, 0.1) is 17.0 Å². The number of amides is 2. The number of nitrogens with zero attached hydrogens (tertiary/aromatic N) is 1. The number of rotatable bonds is 2. The Hall–Kier alpha value is -2.21. The summed E-state index contributed by atoms with van der Waals surface area (Å²) in [6, 6.07) is 6.40. The minimum Gasteiger partial charge on any atom is -0.381 e. The summed E-state index contributed by atoms with van der Waals surface area (Å²) in [6.45, 7) is 0.976. The van der Waals surface area contributed by atoms with E-state index in [0.717, 1.165) is 0 Å². The summed E-state index contributed by atoms with van der Waals surface area (Å²) in [5.41, 5.74) is 0.523. The third-order valence-electron chi connectivity index (χ3n) is 3.49. The molecule has 2 aliphatic rings. The highest BCUT2D eigenvalue weighted by atomic mass is 16.7. The van der Waals surface area contributed by atoms with Crippen LogP contribution >= 0.6 is 0 Å². The topological polar surface area (TPSA) is 72.9 Å². The maximum Gasteiger partial charge on any atom is 0.336 e. The van der Waals surface area contributed by atoms with Crippen LogP contribution in [0.25, 0.3) is 0 Å². The molecule has 0 saturated carbocycles. The monoisotopic (exact) mass is 275 g/mol. The molecule has 1 fully saturated rings. The first kappa shape index (κ1) is 12.8. The molecule has 0 aliphatic carbocycles. The smallest absolute Gasteiger partial charge is 0.336 e. The fourth-order valence-electron chi connectivity index (χ4n) is 2.35. The van der Waals surface area contributed by atoms with Gasteiger partial charge in [0.15, 0.2) is 0 Å². The molecule has 104 valence electrons. The van der Waals surface area contributed by atoms with Gasteiger partial charge in [0, 0.05) is 13.2 Å². The van der Waals surface area contributed by atoms with Crippen LogP contribution in [0.15, 0.2) is 24.3 Å². The lowest BCUT2D eigenvalue weighted by Crippen LogP contribution is -2.36. The molecular weight excluding hydrogens is 262 g/mol. The summed E-state index contributed by atoms with van der Waals surface area (Å²) in [5, 5.41) is 0.558. The van der Waals surface area contributed by atoms with Crippen LogP contribution in [0.1, 0.15) is 33.6 Å². The number of hydrogen-bond acceptors (Lipinski definition) is 5. The van der Waals surface area contributed by atoms with E-state index in [4.69, 9.17) is 9.57 Å². The van der Waals surface area contributed by atoms with Crippen LogP contribution in [0.3, 0.4) is 0 Å². The van der Waals surface area contributed by atoms with E-state index < -0.39 is 17.8 Å². The van der Waals surface area contributed by atoms with Crippen LogP contribution in [0.4, 0.5) is 0 Å². The predicted octanol–water partition coefficient (Wildman–Crippen LogP) is 1.17. The lowest BCUT2D eigenvalue weighted by Gasteiger charge is -2.22. The predicted molar refractivity (Wildman–Crippen MR) is 66.6 cm³/mol. The number of ether oxygens (including phenoxy) is 1. The van der Waals surface area contributed by atoms with Crippen LogP contribution in [-0.2, 0) is 14.4 Å². The molecule has 2 amide bonds. The van der Waals surface area contributed by atoms with Crippen LogP contribution in [0.5, 0.6) is 0 Å². The number of imide groups is 1. The van der Waals surface area contributed by atoms with Crippen molar-refractivity contribution in [3.05, 3.63) is 35.4 Å². The first-order chi connectivity index (χ1) is 9.68. The van der Waals surface area contributed by atoms with Crippen molar-refractivity contribution in [2.75, 3.05) is 13.2 Å². The summed E-state index contributed by atoms with van der Waals surface area (Å²) in [5.74, 6) is -2.06. The third-order valence-corrected chi connectivity index (χ3v) is 3.49. The third kappa shape index (κ3) is 2.08. The van der Waals surface area contributed by atoms with E-state index in [0.29, 0.717) is 31.1 Å². The normalized spacial score (nSPS) is 19.1. The SMILES string of the molecule is O=C(ON1C(=O)c2ccccc2C1=O)C1CCOCC1. The number of hydroxylamine groups is 2. The zero-order chi connectivity index (χ0) is 14.1. The van der Waals surface area contributed by atoms with E-state index >= 15 is 0 Å². The van der Waals surface area contributed by atoms with E-state index in [1.54, 1.807) is 12.1 Å². The number of fused-ring (bicyclic) bond motifs is 1. The fraction of sp³-hybridized carbons (Fsp3) is 0.357. The Morgan fingerprint density at radius 3 is 2.20 bits per heavy atom. The molecule has 0 radical (unpaired) electrons. The van der Waals surface area contributed by atoms with Gasteiger partial charge >= 0.3 is 5.97 Å². The van der Waals surface area contributed by atoms with Crippen molar-refractivity contribution in [1.82, 2.24) is 5.06 Å². The molecule has 0 aromatic heterocycles. The van der Waals surface area contributed by atoms with Gasteiger partial charge in [0.2, 0.25) is 0 Å². The summed E-state index contributed by atoms with van der Waals surface area (Å²) < 4.78 is 5.16. The molecule has 3 rings (SSSR count). The molecule has 0 N–H and O–H groups in total. The maximum absolute atomic E-state index is 12.0. The molecule has 0 unspecified atom stereocenters. The molecular formula is C14H13NO5. The average molecular weight is 275 g/mol. The second-order valence-electron chi connectivity index (χ2n) is 4.75. The number of carbonyl (C=O) groups excluding carboxylic acids is 3. The molecule has 0 bridgehead atoms. The average Bonchev–Trinajstić information content (AvgIpc) is 2.74. The Balaban J connectivity index is 1.74. The molecule has 1 aromatic carbocycles. The van der Waals surface area contributed by atoms with Crippen molar-refractivity contribution in [1.29, 1.82) is 0 Å².